The van der Waals surface area contributed by atoms with Gasteiger partial charge in [0.1, 0.15) is 6.54 Å². The van der Waals surface area contributed by atoms with Crippen molar-refractivity contribution in [3.8, 4) is 10.8 Å². The van der Waals surface area contributed by atoms with E-state index in [0.29, 0.717) is 17.6 Å². The van der Waals surface area contributed by atoms with Gasteiger partial charge in [-0.1, -0.05) is 32.0 Å². The average Bonchev–Trinajstić information content (AvgIpc) is 3.10. The Morgan fingerprint density at radius 3 is 2.81 bits per heavy atom. The standard InChI is InChI=1S/C13H14N4O3S/c1-13(2,3)11-14-9(20-16-11)7-17-12(18)19-10(15-17)8-5-4-6-21-8/h4-6H,7H2,1-3H3. The molecule has 8 heteroatoms. The summed E-state index contributed by atoms with van der Waals surface area (Å²) in [5, 5.41) is 9.94. The normalized spacial score (nSPS) is 12.0. The van der Waals surface area contributed by atoms with Crippen molar-refractivity contribution in [1.29, 1.82) is 0 Å². The molecule has 3 rings (SSSR count). The molecule has 0 fully saturated rings. The zero-order chi connectivity index (χ0) is 15.0. The smallest absolute Gasteiger partial charge is 0.387 e. The molecule has 21 heavy (non-hydrogen) atoms. The van der Waals surface area contributed by atoms with E-state index in [0.717, 1.165) is 4.88 Å². The fourth-order valence-electron chi connectivity index (χ4n) is 1.66. The molecule has 3 heterocycles. The van der Waals surface area contributed by atoms with Crippen molar-refractivity contribution in [3.05, 3.63) is 39.8 Å². The molecule has 110 valence electrons. The van der Waals surface area contributed by atoms with Gasteiger partial charge in [0.25, 0.3) is 5.89 Å². The van der Waals surface area contributed by atoms with Gasteiger partial charge >= 0.3 is 5.76 Å². The topological polar surface area (TPSA) is 87.0 Å². The van der Waals surface area contributed by atoms with E-state index in [-0.39, 0.29) is 12.0 Å². The maximum Gasteiger partial charge on any atom is 0.437 e. The highest BCUT2D eigenvalue weighted by atomic mass is 32.1. The third-order valence-corrected chi connectivity index (χ3v) is 3.62. The highest BCUT2D eigenvalue weighted by Crippen LogP contribution is 2.21. The van der Waals surface area contributed by atoms with Gasteiger partial charge in [-0.3, -0.25) is 0 Å². The molecule has 7 nitrogen and oxygen atoms in total. The molecule has 0 aliphatic carbocycles. The Morgan fingerprint density at radius 1 is 1.38 bits per heavy atom. The van der Waals surface area contributed by atoms with Crippen LogP contribution >= 0.6 is 11.3 Å². The van der Waals surface area contributed by atoms with Crippen LogP contribution in [0.5, 0.6) is 0 Å². The lowest BCUT2D eigenvalue weighted by Crippen LogP contribution is -2.17. The summed E-state index contributed by atoms with van der Waals surface area (Å²) in [6.07, 6.45) is 0. The molecule has 0 amide bonds. The van der Waals surface area contributed by atoms with E-state index < -0.39 is 5.76 Å². The second-order valence-electron chi connectivity index (χ2n) is 5.57. The molecule has 0 atom stereocenters. The van der Waals surface area contributed by atoms with Crippen molar-refractivity contribution >= 4 is 11.3 Å². The number of nitrogens with zero attached hydrogens (tertiary/aromatic N) is 4. The molecular weight excluding hydrogens is 292 g/mol. The van der Waals surface area contributed by atoms with E-state index in [1.54, 1.807) is 0 Å². The lowest BCUT2D eigenvalue weighted by Gasteiger charge is -2.10. The first-order valence-electron chi connectivity index (χ1n) is 6.38. The predicted octanol–water partition coefficient (Wildman–Crippen LogP) is 2.29. The molecule has 0 radical (unpaired) electrons. The zero-order valence-corrected chi connectivity index (χ0v) is 12.7. The third-order valence-electron chi connectivity index (χ3n) is 2.76. The van der Waals surface area contributed by atoms with E-state index in [1.165, 1.54) is 16.0 Å². The first kappa shape index (κ1) is 13.7. The Kier molecular flexibility index (Phi) is 3.25. The van der Waals surface area contributed by atoms with Crippen LogP contribution in [0.15, 0.2) is 31.2 Å². The Morgan fingerprint density at radius 2 is 2.19 bits per heavy atom. The van der Waals surface area contributed by atoms with Crippen molar-refractivity contribution in [2.75, 3.05) is 0 Å². The van der Waals surface area contributed by atoms with Crippen LogP contribution in [0.25, 0.3) is 10.8 Å². The average molecular weight is 306 g/mol. The van der Waals surface area contributed by atoms with Crippen molar-refractivity contribution in [2.24, 2.45) is 0 Å². The minimum atomic E-state index is -0.547. The van der Waals surface area contributed by atoms with E-state index in [1.807, 2.05) is 38.3 Å². The Labute approximate surface area is 124 Å². The largest absolute Gasteiger partial charge is 0.437 e. The van der Waals surface area contributed by atoms with Crippen molar-refractivity contribution in [2.45, 2.75) is 32.7 Å². The molecular formula is C13H14N4O3S. The van der Waals surface area contributed by atoms with Crippen molar-refractivity contribution in [3.63, 3.8) is 0 Å². The summed E-state index contributed by atoms with van der Waals surface area (Å²) in [5.41, 5.74) is -0.210. The highest BCUT2D eigenvalue weighted by molar-refractivity contribution is 7.13. The molecule has 0 saturated carbocycles. The third kappa shape index (κ3) is 2.80. The van der Waals surface area contributed by atoms with Crippen LogP contribution in [0.3, 0.4) is 0 Å². The molecule has 3 aromatic rings. The summed E-state index contributed by atoms with van der Waals surface area (Å²) in [6.45, 7) is 6.05. The molecule has 0 aliphatic heterocycles. The minimum absolute atomic E-state index is 0.0940. The SMILES string of the molecule is CC(C)(C)c1noc(Cn2nc(-c3cccs3)oc2=O)n1. The molecule has 3 aromatic heterocycles. The van der Waals surface area contributed by atoms with Gasteiger partial charge in [-0.05, 0) is 11.4 Å². The summed E-state index contributed by atoms with van der Waals surface area (Å²) in [7, 11) is 0. The van der Waals surface area contributed by atoms with Gasteiger partial charge in [0.2, 0.25) is 5.89 Å². The fraction of sp³-hybridized carbons (Fsp3) is 0.385. The van der Waals surface area contributed by atoms with Gasteiger partial charge in [0, 0.05) is 5.41 Å². The van der Waals surface area contributed by atoms with Gasteiger partial charge in [0.15, 0.2) is 5.82 Å². The lowest BCUT2D eigenvalue weighted by molar-refractivity contribution is 0.348. The first-order chi connectivity index (χ1) is 9.93. The van der Waals surface area contributed by atoms with Gasteiger partial charge < -0.3 is 8.94 Å². The van der Waals surface area contributed by atoms with Crippen molar-refractivity contribution < 1.29 is 8.94 Å². The molecule has 0 aromatic carbocycles. The number of rotatable bonds is 3. The molecule has 0 N–H and O–H groups in total. The van der Waals surface area contributed by atoms with Gasteiger partial charge in [0.05, 0.1) is 4.88 Å². The molecule has 0 spiro atoms. The maximum atomic E-state index is 11.8. The van der Waals surface area contributed by atoms with Crippen LogP contribution in [0, 0.1) is 0 Å². The first-order valence-corrected chi connectivity index (χ1v) is 7.26. The van der Waals surface area contributed by atoms with Crippen LogP contribution < -0.4 is 5.76 Å². The van der Waals surface area contributed by atoms with Gasteiger partial charge in [-0.15, -0.1) is 16.4 Å². The Bertz CT molecular complexity index is 792. The Hall–Kier alpha value is -2.22. The summed E-state index contributed by atoms with van der Waals surface area (Å²) in [5.74, 6) is 0.667. The predicted molar refractivity (Wildman–Crippen MR) is 76.2 cm³/mol. The van der Waals surface area contributed by atoms with Crippen LogP contribution in [-0.2, 0) is 12.0 Å². The molecule has 0 unspecified atom stereocenters. The van der Waals surface area contributed by atoms with E-state index in [4.69, 9.17) is 8.94 Å². The van der Waals surface area contributed by atoms with Crippen LogP contribution in [-0.4, -0.2) is 19.9 Å². The van der Waals surface area contributed by atoms with E-state index in [2.05, 4.69) is 15.2 Å². The lowest BCUT2D eigenvalue weighted by atomic mass is 9.96. The summed E-state index contributed by atoms with van der Waals surface area (Å²) < 4.78 is 11.4. The zero-order valence-electron chi connectivity index (χ0n) is 11.9. The molecule has 0 saturated heterocycles. The number of aromatic nitrogens is 4. The van der Waals surface area contributed by atoms with Crippen molar-refractivity contribution in [1.82, 2.24) is 19.9 Å². The second-order valence-corrected chi connectivity index (χ2v) is 6.52. The number of hydrogen-bond donors (Lipinski definition) is 0. The quantitative estimate of drug-likeness (QED) is 0.738. The molecule has 0 aliphatic rings. The minimum Gasteiger partial charge on any atom is -0.387 e. The molecule has 0 bridgehead atoms. The summed E-state index contributed by atoms with van der Waals surface area (Å²) in [6, 6.07) is 3.71. The van der Waals surface area contributed by atoms with Gasteiger partial charge in [-0.25, -0.2) is 4.79 Å². The number of thiophene rings is 1. The van der Waals surface area contributed by atoms with Gasteiger partial charge in [-0.2, -0.15) is 9.67 Å². The highest BCUT2D eigenvalue weighted by Gasteiger charge is 2.22. The van der Waals surface area contributed by atoms with Crippen LogP contribution in [0.2, 0.25) is 0 Å². The monoisotopic (exact) mass is 306 g/mol. The number of hydrogen-bond acceptors (Lipinski definition) is 7. The van der Waals surface area contributed by atoms with E-state index >= 15 is 0 Å². The summed E-state index contributed by atoms with van der Waals surface area (Å²) in [4.78, 5) is 16.9. The second kappa shape index (κ2) is 4.96. The van der Waals surface area contributed by atoms with Crippen LogP contribution in [0.1, 0.15) is 32.5 Å². The summed E-state index contributed by atoms with van der Waals surface area (Å²) >= 11 is 1.45. The Balaban J connectivity index is 1.86. The van der Waals surface area contributed by atoms with E-state index in [9.17, 15) is 4.79 Å². The fourth-order valence-corrected chi connectivity index (χ4v) is 2.30. The maximum absolute atomic E-state index is 11.8. The van der Waals surface area contributed by atoms with Crippen LogP contribution in [0.4, 0.5) is 0 Å².